The smallest absolute Gasteiger partial charge is 0.336 e. The van der Waals surface area contributed by atoms with Gasteiger partial charge in [-0.15, -0.1) is 0 Å². The maximum atomic E-state index is 11.2. The third-order valence-electron chi connectivity index (χ3n) is 2.70. The number of rotatable bonds is 3. The summed E-state index contributed by atoms with van der Waals surface area (Å²) in [6, 6.07) is 9.18. The van der Waals surface area contributed by atoms with E-state index >= 15 is 0 Å². The molecule has 0 heterocycles. The van der Waals surface area contributed by atoms with Gasteiger partial charge >= 0.3 is 5.97 Å². The molecule has 1 N–H and O–H groups in total. The minimum Gasteiger partial charge on any atom is -0.478 e. The molecule has 2 nitrogen and oxygen atoms in total. The Bertz CT molecular complexity index is 624. The molecule has 0 fully saturated rings. The molecule has 0 aromatic heterocycles. The van der Waals surface area contributed by atoms with Crippen molar-refractivity contribution in [2.45, 2.75) is 0 Å². The highest BCUT2D eigenvalue weighted by Gasteiger charge is 2.09. The SMILES string of the molecule is C=Cc1cc(C(=O)O)c2cc(C=C)ccc2c1. The standard InChI is InChI=1S/C15H12O2/c1-3-10-5-6-12-7-11(4-2)9-14(15(16)17)13(12)8-10/h3-9H,1-2H2,(H,16,17). The van der Waals surface area contributed by atoms with Crippen molar-refractivity contribution in [2.75, 3.05) is 0 Å². The van der Waals surface area contributed by atoms with Crippen molar-refractivity contribution >= 4 is 28.9 Å². The van der Waals surface area contributed by atoms with E-state index in [0.717, 1.165) is 21.9 Å². The summed E-state index contributed by atoms with van der Waals surface area (Å²) in [5, 5.41) is 10.8. The molecule has 0 saturated carbocycles. The average molecular weight is 224 g/mol. The lowest BCUT2D eigenvalue weighted by Gasteiger charge is -2.06. The fourth-order valence-corrected chi connectivity index (χ4v) is 1.82. The Morgan fingerprint density at radius 1 is 1.06 bits per heavy atom. The summed E-state index contributed by atoms with van der Waals surface area (Å²) in [4.78, 5) is 11.2. The van der Waals surface area contributed by atoms with Crippen molar-refractivity contribution in [3.63, 3.8) is 0 Å². The normalized spacial score (nSPS) is 10.1. The molecule has 0 aliphatic carbocycles. The van der Waals surface area contributed by atoms with Crippen LogP contribution in [0, 0.1) is 0 Å². The quantitative estimate of drug-likeness (QED) is 0.860. The van der Waals surface area contributed by atoms with Crippen molar-refractivity contribution in [1.29, 1.82) is 0 Å². The Balaban J connectivity index is 2.85. The molecule has 0 atom stereocenters. The van der Waals surface area contributed by atoms with Crippen molar-refractivity contribution in [2.24, 2.45) is 0 Å². The number of benzene rings is 2. The first kappa shape index (κ1) is 11.1. The topological polar surface area (TPSA) is 37.3 Å². The van der Waals surface area contributed by atoms with Crippen LogP contribution in [-0.4, -0.2) is 11.1 Å². The van der Waals surface area contributed by atoms with E-state index in [2.05, 4.69) is 13.2 Å². The summed E-state index contributed by atoms with van der Waals surface area (Å²) in [5.74, 6) is -0.931. The third-order valence-corrected chi connectivity index (χ3v) is 2.70. The molecule has 84 valence electrons. The van der Waals surface area contributed by atoms with Gasteiger partial charge in [0.15, 0.2) is 0 Å². The van der Waals surface area contributed by atoms with E-state index in [9.17, 15) is 9.90 Å². The molecule has 0 saturated heterocycles. The molecule has 2 aromatic rings. The number of fused-ring (bicyclic) bond motifs is 1. The summed E-state index contributed by atoms with van der Waals surface area (Å²) >= 11 is 0. The molecule has 2 aromatic carbocycles. The zero-order chi connectivity index (χ0) is 12.4. The Morgan fingerprint density at radius 2 is 1.76 bits per heavy atom. The first-order valence-corrected chi connectivity index (χ1v) is 5.21. The molecule has 0 spiro atoms. The van der Waals surface area contributed by atoms with Crippen LogP contribution >= 0.6 is 0 Å². The molecule has 0 aliphatic heterocycles. The fraction of sp³-hybridized carbons (Fsp3) is 0. The van der Waals surface area contributed by atoms with Crippen molar-refractivity contribution in [1.82, 2.24) is 0 Å². The minimum atomic E-state index is -0.931. The fourth-order valence-electron chi connectivity index (χ4n) is 1.82. The lowest BCUT2D eigenvalue weighted by atomic mass is 9.99. The third kappa shape index (κ3) is 1.97. The number of carboxylic acids is 1. The van der Waals surface area contributed by atoms with Crippen LogP contribution in [0.25, 0.3) is 22.9 Å². The minimum absolute atomic E-state index is 0.293. The van der Waals surface area contributed by atoms with Gasteiger partial charge in [0.2, 0.25) is 0 Å². The highest BCUT2D eigenvalue weighted by molar-refractivity contribution is 6.05. The molecule has 2 heteroatoms. The van der Waals surface area contributed by atoms with Gasteiger partial charge in [0.1, 0.15) is 0 Å². The maximum Gasteiger partial charge on any atom is 0.336 e. The Kier molecular flexibility index (Phi) is 2.79. The van der Waals surface area contributed by atoms with Gasteiger partial charge in [0.25, 0.3) is 0 Å². The molecule has 0 radical (unpaired) electrons. The molecule has 0 amide bonds. The van der Waals surface area contributed by atoms with Crippen LogP contribution in [0.2, 0.25) is 0 Å². The van der Waals surface area contributed by atoms with Crippen LogP contribution in [0.3, 0.4) is 0 Å². The van der Waals surface area contributed by atoms with E-state index in [-0.39, 0.29) is 0 Å². The molecule has 2 rings (SSSR count). The lowest BCUT2D eigenvalue weighted by Crippen LogP contribution is -1.98. The second-order valence-electron chi connectivity index (χ2n) is 3.76. The summed E-state index contributed by atoms with van der Waals surface area (Å²) < 4.78 is 0. The number of aromatic carboxylic acids is 1. The zero-order valence-electron chi connectivity index (χ0n) is 9.31. The van der Waals surface area contributed by atoms with Crippen LogP contribution in [0.5, 0.6) is 0 Å². The lowest BCUT2D eigenvalue weighted by molar-refractivity contribution is 0.0699. The summed E-state index contributed by atoms with van der Waals surface area (Å²) in [6.07, 6.45) is 3.35. The first-order chi connectivity index (χ1) is 8.15. The van der Waals surface area contributed by atoms with E-state index in [1.54, 1.807) is 18.2 Å². The molecule has 0 unspecified atom stereocenters. The highest BCUT2D eigenvalue weighted by atomic mass is 16.4. The van der Waals surface area contributed by atoms with Crippen LogP contribution in [0.15, 0.2) is 43.5 Å². The largest absolute Gasteiger partial charge is 0.478 e. The second kappa shape index (κ2) is 4.26. The Labute approximate surface area is 99.5 Å². The van der Waals surface area contributed by atoms with Gasteiger partial charge in [0.05, 0.1) is 5.56 Å². The molecular weight excluding hydrogens is 212 g/mol. The van der Waals surface area contributed by atoms with Crippen molar-refractivity contribution in [3.05, 3.63) is 60.2 Å². The summed E-state index contributed by atoms with van der Waals surface area (Å²) in [6.45, 7) is 7.35. The van der Waals surface area contributed by atoms with Gasteiger partial charge < -0.3 is 5.11 Å². The first-order valence-electron chi connectivity index (χ1n) is 5.21. The van der Waals surface area contributed by atoms with E-state index < -0.39 is 5.97 Å². The highest BCUT2D eigenvalue weighted by Crippen LogP contribution is 2.24. The van der Waals surface area contributed by atoms with E-state index in [0.29, 0.717) is 5.56 Å². The number of carbonyl (C=O) groups is 1. The zero-order valence-corrected chi connectivity index (χ0v) is 9.31. The molecule has 17 heavy (non-hydrogen) atoms. The predicted molar refractivity (Wildman–Crippen MR) is 71.1 cm³/mol. The predicted octanol–water partition coefficient (Wildman–Crippen LogP) is 3.82. The van der Waals surface area contributed by atoms with Gasteiger partial charge in [0, 0.05) is 0 Å². The van der Waals surface area contributed by atoms with Gasteiger partial charge in [-0.25, -0.2) is 4.79 Å². The van der Waals surface area contributed by atoms with Crippen LogP contribution < -0.4 is 0 Å². The maximum absolute atomic E-state index is 11.2. The molecule has 0 bridgehead atoms. The summed E-state index contributed by atoms with van der Waals surface area (Å²) in [7, 11) is 0. The Hall–Kier alpha value is -2.35. The summed E-state index contributed by atoms with van der Waals surface area (Å²) in [5.41, 5.74) is 2.01. The number of carboxylic acid groups (broad SMARTS) is 1. The Morgan fingerprint density at radius 3 is 2.35 bits per heavy atom. The van der Waals surface area contributed by atoms with Crippen LogP contribution in [0.1, 0.15) is 21.5 Å². The molecule has 0 aliphatic rings. The van der Waals surface area contributed by atoms with E-state index in [1.807, 2.05) is 24.3 Å². The van der Waals surface area contributed by atoms with E-state index in [1.165, 1.54) is 0 Å². The van der Waals surface area contributed by atoms with Gasteiger partial charge in [-0.1, -0.05) is 37.4 Å². The van der Waals surface area contributed by atoms with Gasteiger partial charge in [-0.3, -0.25) is 0 Å². The van der Waals surface area contributed by atoms with Gasteiger partial charge in [-0.2, -0.15) is 0 Å². The monoisotopic (exact) mass is 224 g/mol. The number of hydrogen-bond donors (Lipinski definition) is 1. The van der Waals surface area contributed by atoms with Gasteiger partial charge in [-0.05, 0) is 40.1 Å². The van der Waals surface area contributed by atoms with Crippen molar-refractivity contribution < 1.29 is 9.90 Å². The van der Waals surface area contributed by atoms with Crippen molar-refractivity contribution in [3.8, 4) is 0 Å². The second-order valence-corrected chi connectivity index (χ2v) is 3.76. The molecular formula is C15H12O2. The van der Waals surface area contributed by atoms with Crippen LogP contribution in [-0.2, 0) is 0 Å². The van der Waals surface area contributed by atoms with Crippen LogP contribution in [0.4, 0.5) is 0 Å². The van der Waals surface area contributed by atoms with E-state index in [4.69, 9.17) is 0 Å². The number of hydrogen-bond acceptors (Lipinski definition) is 1. The average Bonchev–Trinajstić information content (AvgIpc) is 2.36.